The zero-order valence-electron chi connectivity index (χ0n) is 17.6. The number of carbonyl (C=O) groups is 1. The van der Waals surface area contributed by atoms with Crippen LogP contribution < -0.4 is 14.5 Å². The molecule has 1 fully saturated rings. The van der Waals surface area contributed by atoms with Crippen molar-refractivity contribution in [2.75, 3.05) is 33.9 Å². The lowest BCUT2D eigenvalue weighted by Crippen LogP contribution is -2.47. The molecule has 1 N–H and O–H groups in total. The zero-order chi connectivity index (χ0) is 22.6. The van der Waals surface area contributed by atoms with Gasteiger partial charge in [-0.3, -0.25) is 9.10 Å². The van der Waals surface area contributed by atoms with Crippen molar-refractivity contribution < 1.29 is 13.2 Å². The zero-order valence-corrected chi connectivity index (χ0v) is 20.0. The summed E-state index contributed by atoms with van der Waals surface area (Å²) in [6.45, 7) is 3.82. The molecule has 0 spiro atoms. The molecule has 31 heavy (non-hydrogen) atoms. The van der Waals surface area contributed by atoms with E-state index in [1.54, 1.807) is 13.0 Å². The third-order valence-electron chi connectivity index (χ3n) is 5.33. The molecule has 1 saturated heterocycles. The van der Waals surface area contributed by atoms with E-state index >= 15 is 0 Å². The summed E-state index contributed by atoms with van der Waals surface area (Å²) in [5.74, 6) is -0.435. The van der Waals surface area contributed by atoms with E-state index in [2.05, 4.69) is 10.2 Å². The number of rotatable bonds is 7. The molecule has 0 aromatic heterocycles. The quantitative estimate of drug-likeness (QED) is 0.589. The van der Waals surface area contributed by atoms with E-state index in [1.807, 2.05) is 24.3 Å². The topological polar surface area (TPSA) is 69.7 Å². The number of nitrogens with one attached hydrogen (secondary N) is 1. The van der Waals surface area contributed by atoms with Crippen molar-refractivity contribution in [1.82, 2.24) is 0 Å². The van der Waals surface area contributed by atoms with Crippen LogP contribution in [0.4, 0.5) is 17.1 Å². The second kappa shape index (κ2) is 10.1. The van der Waals surface area contributed by atoms with Crippen molar-refractivity contribution in [3.63, 3.8) is 0 Å². The molecule has 168 valence electrons. The summed E-state index contributed by atoms with van der Waals surface area (Å²) in [6.07, 6.45) is 4.94. The van der Waals surface area contributed by atoms with E-state index in [-0.39, 0.29) is 17.1 Å². The van der Waals surface area contributed by atoms with Gasteiger partial charge in [-0.1, -0.05) is 30.1 Å². The summed E-state index contributed by atoms with van der Waals surface area (Å²) in [5, 5.41) is 3.37. The van der Waals surface area contributed by atoms with Gasteiger partial charge in [0.05, 0.1) is 17.0 Å². The van der Waals surface area contributed by atoms with Gasteiger partial charge in [0.25, 0.3) is 0 Å². The van der Waals surface area contributed by atoms with Crippen LogP contribution in [0, 0.1) is 0 Å². The van der Waals surface area contributed by atoms with Gasteiger partial charge in [-0.05, 0) is 68.1 Å². The second-order valence-corrected chi connectivity index (χ2v) is 10.4. The molecule has 3 rings (SSSR count). The molecular formula is C22H27Cl2N3O3S. The van der Waals surface area contributed by atoms with Gasteiger partial charge in [-0.2, -0.15) is 0 Å². The first-order chi connectivity index (χ1) is 14.7. The van der Waals surface area contributed by atoms with Crippen molar-refractivity contribution >= 4 is 56.2 Å². The Morgan fingerprint density at radius 1 is 1.10 bits per heavy atom. The molecule has 1 heterocycles. The van der Waals surface area contributed by atoms with Crippen LogP contribution in [0.5, 0.6) is 0 Å². The molecule has 9 heteroatoms. The smallest absolute Gasteiger partial charge is 0.248 e. The van der Waals surface area contributed by atoms with Crippen LogP contribution in [0.1, 0.15) is 32.6 Å². The van der Waals surface area contributed by atoms with Crippen LogP contribution in [-0.4, -0.2) is 39.7 Å². The fourth-order valence-electron chi connectivity index (χ4n) is 3.82. The number of carbonyl (C=O) groups excluding carboxylic acids is 1. The monoisotopic (exact) mass is 483 g/mol. The minimum absolute atomic E-state index is 0.180. The van der Waals surface area contributed by atoms with Crippen molar-refractivity contribution in [3.8, 4) is 0 Å². The van der Waals surface area contributed by atoms with E-state index in [0.29, 0.717) is 10.7 Å². The maximum absolute atomic E-state index is 13.1. The normalized spacial score (nSPS) is 15.4. The molecule has 2 aromatic carbocycles. The van der Waals surface area contributed by atoms with Gasteiger partial charge in [0.1, 0.15) is 6.04 Å². The van der Waals surface area contributed by atoms with Gasteiger partial charge in [0, 0.05) is 29.5 Å². The molecule has 0 radical (unpaired) electrons. The Labute approximate surface area is 194 Å². The van der Waals surface area contributed by atoms with Crippen molar-refractivity contribution in [2.24, 2.45) is 0 Å². The molecule has 0 saturated carbocycles. The number of hydrogen-bond acceptors (Lipinski definition) is 4. The molecule has 1 amide bonds. The molecule has 0 aliphatic carbocycles. The minimum atomic E-state index is -3.80. The van der Waals surface area contributed by atoms with Crippen molar-refractivity contribution in [1.29, 1.82) is 0 Å². The van der Waals surface area contributed by atoms with E-state index in [9.17, 15) is 13.2 Å². The first kappa shape index (κ1) is 23.7. The fourth-order valence-corrected chi connectivity index (χ4v) is 5.46. The lowest BCUT2D eigenvalue weighted by molar-refractivity contribution is -0.117. The van der Waals surface area contributed by atoms with E-state index in [0.717, 1.165) is 29.3 Å². The number of hydrogen-bond donors (Lipinski definition) is 1. The molecule has 0 unspecified atom stereocenters. The van der Waals surface area contributed by atoms with Gasteiger partial charge < -0.3 is 10.2 Å². The van der Waals surface area contributed by atoms with Gasteiger partial charge in [0.2, 0.25) is 15.9 Å². The summed E-state index contributed by atoms with van der Waals surface area (Å²) < 4.78 is 26.3. The molecule has 1 aliphatic rings. The van der Waals surface area contributed by atoms with Crippen molar-refractivity contribution in [3.05, 3.63) is 52.5 Å². The predicted molar refractivity (Wildman–Crippen MR) is 129 cm³/mol. The fraction of sp³-hybridized carbons (Fsp3) is 0.409. The van der Waals surface area contributed by atoms with Crippen LogP contribution in [0.3, 0.4) is 0 Å². The Balaban J connectivity index is 1.82. The summed E-state index contributed by atoms with van der Waals surface area (Å²) >= 11 is 12.3. The highest BCUT2D eigenvalue weighted by atomic mass is 35.5. The molecule has 1 aliphatic heterocycles. The van der Waals surface area contributed by atoms with Gasteiger partial charge in [-0.25, -0.2) is 8.42 Å². The largest absolute Gasteiger partial charge is 0.372 e. The van der Waals surface area contributed by atoms with E-state index < -0.39 is 22.0 Å². The highest BCUT2D eigenvalue weighted by Gasteiger charge is 2.33. The standard InChI is InChI=1S/C22H27Cl2N3O3S/c1-3-20(27(31(2,29)30)21-15-16(23)7-12-19(21)24)22(28)25-17-8-10-18(11-9-17)26-13-5-4-6-14-26/h7-12,15,20H,3-6,13-14H2,1-2H3,(H,25,28)/t20-/m0/s1. The summed E-state index contributed by atoms with van der Waals surface area (Å²) in [7, 11) is -3.80. The van der Waals surface area contributed by atoms with Crippen LogP contribution in [-0.2, 0) is 14.8 Å². The van der Waals surface area contributed by atoms with Crippen molar-refractivity contribution in [2.45, 2.75) is 38.6 Å². The summed E-state index contributed by atoms with van der Waals surface area (Å²) in [5.41, 5.74) is 1.90. The Hall–Kier alpha value is -1.96. The average Bonchev–Trinajstić information content (AvgIpc) is 2.74. The van der Waals surface area contributed by atoms with Crippen LogP contribution >= 0.6 is 23.2 Å². The Bertz CT molecular complexity index is 1020. The number of benzene rings is 2. The number of sulfonamides is 1. The number of halogens is 2. The van der Waals surface area contributed by atoms with Crippen LogP contribution in [0.2, 0.25) is 10.0 Å². The predicted octanol–water partition coefficient (Wildman–Crippen LogP) is 5.17. The number of nitrogens with zero attached hydrogens (tertiary/aromatic N) is 2. The molecule has 1 atom stereocenters. The first-order valence-electron chi connectivity index (χ1n) is 10.3. The lowest BCUT2D eigenvalue weighted by Gasteiger charge is -2.31. The number of anilines is 3. The van der Waals surface area contributed by atoms with Gasteiger partial charge in [0.15, 0.2) is 0 Å². The molecule has 0 bridgehead atoms. The van der Waals surface area contributed by atoms with Crippen LogP contribution in [0.25, 0.3) is 0 Å². The highest BCUT2D eigenvalue weighted by molar-refractivity contribution is 7.92. The van der Waals surface area contributed by atoms with E-state index in [4.69, 9.17) is 23.2 Å². The molecular weight excluding hydrogens is 457 g/mol. The van der Waals surface area contributed by atoms with Gasteiger partial charge >= 0.3 is 0 Å². The summed E-state index contributed by atoms with van der Waals surface area (Å²) in [4.78, 5) is 15.4. The third kappa shape index (κ3) is 5.84. The lowest BCUT2D eigenvalue weighted by atomic mass is 10.1. The molecule has 2 aromatic rings. The Morgan fingerprint density at radius 2 is 1.74 bits per heavy atom. The highest BCUT2D eigenvalue weighted by Crippen LogP contribution is 2.33. The average molecular weight is 484 g/mol. The van der Waals surface area contributed by atoms with E-state index in [1.165, 1.54) is 31.4 Å². The number of amides is 1. The number of piperidine rings is 1. The maximum atomic E-state index is 13.1. The Morgan fingerprint density at radius 3 is 2.32 bits per heavy atom. The second-order valence-electron chi connectivity index (χ2n) is 7.66. The minimum Gasteiger partial charge on any atom is -0.372 e. The van der Waals surface area contributed by atoms with Crippen LogP contribution in [0.15, 0.2) is 42.5 Å². The van der Waals surface area contributed by atoms with Gasteiger partial charge in [-0.15, -0.1) is 0 Å². The first-order valence-corrected chi connectivity index (χ1v) is 12.9. The Kier molecular flexibility index (Phi) is 7.73. The SMILES string of the molecule is CC[C@@H](C(=O)Nc1ccc(N2CCCCC2)cc1)N(c1cc(Cl)ccc1Cl)S(C)(=O)=O. The third-order valence-corrected chi connectivity index (χ3v) is 7.05. The maximum Gasteiger partial charge on any atom is 0.248 e. The molecule has 6 nitrogen and oxygen atoms in total. The summed E-state index contributed by atoms with van der Waals surface area (Å²) in [6, 6.07) is 11.2.